The van der Waals surface area contributed by atoms with E-state index in [9.17, 15) is 9.59 Å². The number of carbonyl (C=O) groups is 2. The van der Waals surface area contributed by atoms with E-state index in [1.54, 1.807) is 0 Å². The van der Waals surface area contributed by atoms with Crippen molar-refractivity contribution in [1.29, 1.82) is 0 Å². The Morgan fingerprint density at radius 3 is 2.62 bits per heavy atom. The number of benzene rings is 1. The molecule has 0 radical (unpaired) electrons. The molecule has 1 amide bonds. The highest BCUT2D eigenvalue weighted by molar-refractivity contribution is 5.78. The van der Waals surface area contributed by atoms with E-state index in [1.807, 2.05) is 39.0 Å². The molecule has 0 saturated carbocycles. The molecular weight excluding hydrogens is 270 g/mol. The summed E-state index contributed by atoms with van der Waals surface area (Å²) in [5.74, 6) is -0.542. The fourth-order valence-electron chi connectivity index (χ4n) is 2.16. The number of carboxylic acid groups (broad SMARTS) is 1. The highest BCUT2D eigenvalue weighted by Crippen LogP contribution is 2.18. The lowest BCUT2D eigenvalue weighted by atomic mass is 10.1. The monoisotopic (exact) mass is 293 g/mol. The van der Waals surface area contributed by atoms with Gasteiger partial charge in [0, 0.05) is 6.04 Å². The molecule has 0 aliphatic rings. The molecule has 1 aromatic carbocycles. The van der Waals surface area contributed by atoms with Gasteiger partial charge in [0.2, 0.25) is 0 Å². The number of hydrogen-bond donors (Lipinski definition) is 2. The van der Waals surface area contributed by atoms with Gasteiger partial charge in [-0.3, -0.25) is 9.59 Å². The van der Waals surface area contributed by atoms with Crippen LogP contribution in [-0.2, 0) is 9.59 Å². The Hall–Kier alpha value is -2.04. The summed E-state index contributed by atoms with van der Waals surface area (Å²) in [4.78, 5) is 22.6. The van der Waals surface area contributed by atoms with Crippen LogP contribution in [0.3, 0.4) is 0 Å². The third-order valence-electron chi connectivity index (χ3n) is 3.11. The largest absolute Gasteiger partial charge is 0.484 e. The van der Waals surface area contributed by atoms with Crippen LogP contribution in [0, 0.1) is 13.8 Å². The number of carboxylic acids is 1. The van der Waals surface area contributed by atoms with Crippen LogP contribution in [0.4, 0.5) is 0 Å². The van der Waals surface area contributed by atoms with E-state index in [4.69, 9.17) is 9.84 Å². The van der Waals surface area contributed by atoms with Crippen LogP contribution in [0.1, 0.15) is 37.3 Å². The second-order valence-corrected chi connectivity index (χ2v) is 5.21. The summed E-state index contributed by atoms with van der Waals surface area (Å²) in [6.07, 6.45) is 1.39. The normalized spacial score (nSPS) is 11.8. The molecule has 0 spiro atoms. The van der Waals surface area contributed by atoms with Crippen LogP contribution in [-0.4, -0.2) is 29.6 Å². The lowest BCUT2D eigenvalue weighted by molar-refractivity contribution is -0.137. The number of rotatable bonds is 8. The van der Waals surface area contributed by atoms with Crippen molar-refractivity contribution in [3.05, 3.63) is 29.3 Å². The van der Waals surface area contributed by atoms with Gasteiger partial charge in [-0.25, -0.2) is 0 Å². The highest BCUT2D eigenvalue weighted by Gasteiger charge is 2.15. The van der Waals surface area contributed by atoms with Crippen molar-refractivity contribution in [2.75, 3.05) is 6.61 Å². The van der Waals surface area contributed by atoms with Gasteiger partial charge in [-0.1, -0.05) is 31.0 Å². The lowest BCUT2D eigenvalue weighted by Crippen LogP contribution is -2.39. The van der Waals surface area contributed by atoms with E-state index < -0.39 is 5.97 Å². The van der Waals surface area contributed by atoms with Crippen molar-refractivity contribution in [2.24, 2.45) is 0 Å². The fraction of sp³-hybridized carbons (Fsp3) is 0.500. The zero-order valence-electron chi connectivity index (χ0n) is 12.8. The summed E-state index contributed by atoms with van der Waals surface area (Å²) in [6, 6.07) is 5.39. The Balaban J connectivity index is 2.50. The number of amides is 1. The van der Waals surface area contributed by atoms with E-state index in [1.165, 1.54) is 0 Å². The molecule has 21 heavy (non-hydrogen) atoms. The number of carbonyl (C=O) groups excluding carboxylic acids is 1. The van der Waals surface area contributed by atoms with Gasteiger partial charge in [0.15, 0.2) is 6.61 Å². The summed E-state index contributed by atoms with van der Waals surface area (Å²) in [5, 5.41) is 11.5. The van der Waals surface area contributed by atoms with Crippen molar-refractivity contribution in [3.8, 4) is 5.75 Å². The van der Waals surface area contributed by atoms with Gasteiger partial charge in [0.1, 0.15) is 5.75 Å². The molecule has 0 aliphatic heterocycles. The fourth-order valence-corrected chi connectivity index (χ4v) is 2.16. The Labute approximate surface area is 125 Å². The molecule has 0 bridgehead atoms. The van der Waals surface area contributed by atoms with E-state index in [-0.39, 0.29) is 25.0 Å². The molecule has 1 rings (SSSR count). The molecule has 1 aromatic rings. The van der Waals surface area contributed by atoms with Gasteiger partial charge in [-0.05, 0) is 31.9 Å². The zero-order valence-corrected chi connectivity index (χ0v) is 12.8. The lowest BCUT2D eigenvalue weighted by Gasteiger charge is -2.16. The summed E-state index contributed by atoms with van der Waals surface area (Å²) in [7, 11) is 0. The second-order valence-electron chi connectivity index (χ2n) is 5.21. The van der Waals surface area contributed by atoms with E-state index in [0.717, 1.165) is 17.5 Å². The van der Waals surface area contributed by atoms with Crippen molar-refractivity contribution in [3.63, 3.8) is 0 Å². The first-order chi connectivity index (χ1) is 9.92. The molecule has 116 valence electrons. The van der Waals surface area contributed by atoms with Gasteiger partial charge < -0.3 is 15.2 Å². The maximum Gasteiger partial charge on any atom is 0.305 e. The third kappa shape index (κ3) is 6.29. The first-order valence-electron chi connectivity index (χ1n) is 7.13. The van der Waals surface area contributed by atoms with Crippen LogP contribution in [0.15, 0.2) is 18.2 Å². The maximum atomic E-state index is 11.8. The van der Waals surface area contributed by atoms with Crippen LogP contribution >= 0.6 is 0 Å². The number of hydrogen-bond acceptors (Lipinski definition) is 3. The Morgan fingerprint density at radius 1 is 1.33 bits per heavy atom. The van der Waals surface area contributed by atoms with Crippen LogP contribution in [0.5, 0.6) is 5.75 Å². The number of nitrogens with one attached hydrogen (secondary N) is 1. The summed E-state index contributed by atoms with van der Waals surface area (Å²) in [5.41, 5.74) is 2.10. The molecule has 5 heteroatoms. The Morgan fingerprint density at radius 2 is 2.05 bits per heavy atom. The molecule has 0 aromatic heterocycles. The standard InChI is InChI=1S/C16H23NO4/c1-4-5-13(9-16(19)20)17-15(18)10-21-14-7-6-11(2)8-12(14)3/h6-8,13H,4-5,9-10H2,1-3H3,(H,17,18)(H,19,20). The predicted octanol–water partition coefficient (Wildman–Crippen LogP) is 2.44. The van der Waals surface area contributed by atoms with E-state index >= 15 is 0 Å². The first kappa shape index (κ1) is 17.0. The van der Waals surface area contributed by atoms with E-state index in [2.05, 4.69) is 5.32 Å². The minimum absolute atomic E-state index is 0.0663. The number of aryl methyl sites for hydroxylation is 2. The van der Waals surface area contributed by atoms with Crippen LogP contribution in [0.25, 0.3) is 0 Å². The van der Waals surface area contributed by atoms with E-state index in [0.29, 0.717) is 12.2 Å². The highest BCUT2D eigenvalue weighted by atomic mass is 16.5. The van der Waals surface area contributed by atoms with Crippen molar-refractivity contribution in [2.45, 2.75) is 46.1 Å². The van der Waals surface area contributed by atoms with Crippen molar-refractivity contribution in [1.82, 2.24) is 5.32 Å². The molecule has 0 fully saturated rings. The van der Waals surface area contributed by atoms with Gasteiger partial charge in [0.05, 0.1) is 6.42 Å². The quantitative estimate of drug-likeness (QED) is 0.772. The maximum absolute atomic E-state index is 11.8. The Kier molecular flexibility index (Phi) is 6.72. The SMILES string of the molecule is CCCC(CC(=O)O)NC(=O)COc1ccc(C)cc1C. The molecule has 5 nitrogen and oxygen atoms in total. The summed E-state index contributed by atoms with van der Waals surface area (Å²) >= 11 is 0. The smallest absolute Gasteiger partial charge is 0.305 e. The van der Waals surface area contributed by atoms with Gasteiger partial charge in [0.25, 0.3) is 5.91 Å². The third-order valence-corrected chi connectivity index (χ3v) is 3.11. The van der Waals surface area contributed by atoms with Crippen molar-refractivity contribution < 1.29 is 19.4 Å². The number of ether oxygens (including phenoxy) is 1. The second kappa shape index (κ2) is 8.29. The van der Waals surface area contributed by atoms with Crippen molar-refractivity contribution >= 4 is 11.9 Å². The van der Waals surface area contributed by atoms with Gasteiger partial charge in [-0.15, -0.1) is 0 Å². The minimum Gasteiger partial charge on any atom is -0.484 e. The average molecular weight is 293 g/mol. The molecule has 2 N–H and O–H groups in total. The first-order valence-corrected chi connectivity index (χ1v) is 7.13. The number of aliphatic carboxylic acids is 1. The Bertz CT molecular complexity index is 499. The van der Waals surface area contributed by atoms with Crippen LogP contribution < -0.4 is 10.1 Å². The average Bonchev–Trinajstić information content (AvgIpc) is 2.37. The van der Waals surface area contributed by atoms with Gasteiger partial charge >= 0.3 is 5.97 Å². The molecule has 0 aliphatic carbocycles. The molecule has 0 heterocycles. The molecule has 0 saturated heterocycles. The zero-order chi connectivity index (χ0) is 15.8. The minimum atomic E-state index is -0.913. The molecule has 1 unspecified atom stereocenters. The summed E-state index contributed by atoms with van der Waals surface area (Å²) < 4.78 is 5.48. The summed E-state index contributed by atoms with van der Waals surface area (Å²) in [6.45, 7) is 5.76. The predicted molar refractivity (Wildman–Crippen MR) is 80.5 cm³/mol. The topological polar surface area (TPSA) is 75.6 Å². The van der Waals surface area contributed by atoms with Crippen LogP contribution in [0.2, 0.25) is 0 Å². The molecular formula is C16H23NO4. The van der Waals surface area contributed by atoms with Gasteiger partial charge in [-0.2, -0.15) is 0 Å². The molecule has 1 atom stereocenters.